The van der Waals surface area contributed by atoms with Crippen molar-refractivity contribution in [3.63, 3.8) is 0 Å². The first kappa shape index (κ1) is 16.7. The van der Waals surface area contributed by atoms with Crippen LogP contribution in [0.5, 0.6) is 0 Å². The third-order valence-electron chi connectivity index (χ3n) is 3.32. The molecule has 1 atom stereocenters. The van der Waals surface area contributed by atoms with Crippen molar-refractivity contribution in [1.82, 2.24) is 5.32 Å². The summed E-state index contributed by atoms with van der Waals surface area (Å²) in [6.07, 6.45) is 0. The normalized spacial score (nSPS) is 12.5. The molecule has 0 aliphatic carbocycles. The molecule has 1 aromatic carbocycles. The summed E-state index contributed by atoms with van der Waals surface area (Å²) >= 11 is 8.23. The van der Waals surface area contributed by atoms with E-state index >= 15 is 0 Å². The lowest BCUT2D eigenvalue weighted by Gasteiger charge is -2.15. The van der Waals surface area contributed by atoms with Gasteiger partial charge in [-0.3, -0.25) is 4.79 Å². The molecule has 0 saturated heterocycles. The summed E-state index contributed by atoms with van der Waals surface area (Å²) in [6, 6.07) is 10.2. The Kier molecular flexibility index (Phi) is 5.63. The number of nitrogens with one attached hydrogen (secondary N) is 1. The fourth-order valence-corrected chi connectivity index (χ4v) is 3.92. The SMILES string of the molecule is CC(C)c1ccc(C(C)NC(=O)c2cc(Br)c(Br)s2)cc1. The van der Waals surface area contributed by atoms with Gasteiger partial charge in [-0.25, -0.2) is 0 Å². The van der Waals surface area contributed by atoms with Crippen LogP contribution in [0.1, 0.15) is 53.5 Å². The van der Waals surface area contributed by atoms with E-state index in [4.69, 9.17) is 0 Å². The third-order valence-corrected chi connectivity index (χ3v) is 6.57. The van der Waals surface area contributed by atoms with Crippen molar-refractivity contribution in [2.24, 2.45) is 0 Å². The number of rotatable bonds is 4. The Labute approximate surface area is 146 Å². The van der Waals surface area contributed by atoms with Crippen LogP contribution in [-0.2, 0) is 0 Å². The Morgan fingerprint density at radius 1 is 1.10 bits per heavy atom. The van der Waals surface area contributed by atoms with E-state index in [1.807, 2.05) is 13.0 Å². The topological polar surface area (TPSA) is 29.1 Å². The van der Waals surface area contributed by atoms with Crippen molar-refractivity contribution in [3.8, 4) is 0 Å². The zero-order valence-corrected chi connectivity index (χ0v) is 16.1. The van der Waals surface area contributed by atoms with Gasteiger partial charge in [0.1, 0.15) is 0 Å². The number of hydrogen-bond donors (Lipinski definition) is 1. The number of hydrogen-bond acceptors (Lipinski definition) is 2. The van der Waals surface area contributed by atoms with Crippen LogP contribution in [0.3, 0.4) is 0 Å². The first-order valence-electron chi connectivity index (χ1n) is 6.74. The van der Waals surface area contributed by atoms with Crippen LogP contribution in [0.2, 0.25) is 0 Å². The second-order valence-electron chi connectivity index (χ2n) is 5.25. The molecule has 1 unspecified atom stereocenters. The Morgan fingerprint density at radius 2 is 1.67 bits per heavy atom. The lowest BCUT2D eigenvalue weighted by atomic mass is 9.99. The van der Waals surface area contributed by atoms with Gasteiger partial charge in [-0.05, 0) is 61.9 Å². The van der Waals surface area contributed by atoms with Crippen molar-refractivity contribution in [3.05, 3.63) is 54.6 Å². The van der Waals surface area contributed by atoms with Crippen LogP contribution < -0.4 is 5.32 Å². The van der Waals surface area contributed by atoms with Crippen molar-refractivity contribution in [1.29, 1.82) is 0 Å². The van der Waals surface area contributed by atoms with Crippen LogP contribution in [0, 0.1) is 0 Å². The van der Waals surface area contributed by atoms with Gasteiger partial charge >= 0.3 is 0 Å². The molecule has 2 aromatic rings. The van der Waals surface area contributed by atoms with E-state index in [1.165, 1.54) is 16.9 Å². The van der Waals surface area contributed by atoms with Gasteiger partial charge in [0.15, 0.2) is 0 Å². The summed E-state index contributed by atoms with van der Waals surface area (Å²) in [4.78, 5) is 12.9. The number of halogens is 2. The highest BCUT2D eigenvalue weighted by Gasteiger charge is 2.15. The molecule has 0 aliphatic heterocycles. The molecule has 0 spiro atoms. The van der Waals surface area contributed by atoms with E-state index in [2.05, 4.69) is 75.3 Å². The van der Waals surface area contributed by atoms with E-state index < -0.39 is 0 Å². The van der Waals surface area contributed by atoms with Gasteiger partial charge in [-0.15, -0.1) is 11.3 Å². The molecule has 0 radical (unpaired) electrons. The maximum Gasteiger partial charge on any atom is 0.261 e. The van der Waals surface area contributed by atoms with Crippen LogP contribution >= 0.6 is 43.2 Å². The standard InChI is InChI=1S/C16H17Br2NOS/c1-9(2)11-4-6-12(7-5-11)10(3)19-16(20)14-8-13(17)15(18)21-14/h4-10H,1-3H3,(H,19,20). The minimum atomic E-state index is -0.0492. The molecular weight excluding hydrogens is 414 g/mol. The van der Waals surface area contributed by atoms with Crippen LogP contribution in [0.4, 0.5) is 0 Å². The smallest absolute Gasteiger partial charge is 0.261 e. The Bertz CT molecular complexity index is 615. The van der Waals surface area contributed by atoms with Crippen LogP contribution in [-0.4, -0.2) is 5.91 Å². The molecule has 1 aromatic heterocycles. The van der Waals surface area contributed by atoms with Crippen molar-refractivity contribution < 1.29 is 4.79 Å². The second-order valence-corrected chi connectivity index (χ2v) is 8.47. The number of carbonyl (C=O) groups excluding carboxylic acids is 1. The second kappa shape index (κ2) is 7.07. The van der Waals surface area contributed by atoms with Gasteiger partial charge in [0, 0.05) is 4.47 Å². The number of benzene rings is 1. The van der Waals surface area contributed by atoms with Gasteiger partial charge in [0.2, 0.25) is 0 Å². The van der Waals surface area contributed by atoms with Gasteiger partial charge in [-0.1, -0.05) is 38.1 Å². The molecule has 2 nitrogen and oxygen atoms in total. The summed E-state index contributed by atoms with van der Waals surface area (Å²) < 4.78 is 1.84. The van der Waals surface area contributed by atoms with E-state index in [0.29, 0.717) is 10.8 Å². The van der Waals surface area contributed by atoms with Crippen molar-refractivity contribution in [2.75, 3.05) is 0 Å². The highest BCUT2D eigenvalue weighted by atomic mass is 79.9. The van der Waals surface area contributed by atoms with Crippen molar-refractivity contribution in [2.45, 2.75) is 32.7 Å². The van der Waals surface area contributed by atoms with E-state index in [-0.39, 0.29) is 11.9 Å². The molecule has 1 amide bonds. The molecule has 112 valence electrons. The zero-order chi connectivity index (χ0) is 15.6. The molecule has 2 rings (SSSR count). The average Bonchev–Trinajstić information content (AvgIpc) is 2.79. The molecule has 0 saturated carbocycles. The summed E-state index contributed by atoms with van der Waals surface area (Å²) in [6.45, 7) is 6.35. The molecule has 5 heteroatoms. The molecule has 1 N–H and O–H groups in total. The fraction of sp³-hybridized carbons (Fsp3) is 0.312. The summed E-state index contributed by atoms with van der Waals surface area (Å²) in [5.74, 6) is 0.469. The summed E-state index contributed by atoms with van der Waals surface area (Å²) in [5, 5.41) is 3.03. The molecule has 21 heavy (non-hydrogen) atoms. The largest absolute Gasteiger partial charge is 0.345 e. The summed E-state index contributed by atoms with van der Waals surface area (Å²) in [5.41, 5.74) is 2.42. The lowest BCUT2D eigenvalue weighted by molar-refractivity contribution is 0.0944. The lowest BCUT2D eigenvalue weighted by Crippen LogP contribution is -2.25. The highest BCUT2D eigenvalue weighted by molar-refractivity contribution is 9.13. The fourth-order valence-electron chi connectivity index (χ4n) is 1.98. The predicted molar refractivity (Wildman–Crippen MR) is 96.1 cm³/mol. The predicted octanol–water partition coefficient (Wildman–Crippen LogP) is 5.89. The third kappa shape index (κ3) is 4.18. The molecule has 1 heterocycles. The molecular formula is C16H17Br2NOS. The molecule has 0 aliphatic rings. The molecule has 0 bridgehead atoms. The maximum absolute atomic E-state index is 12.2. The number of carbonyl (C=O) groups is 1. The van der Waals surface area contributed by atoms with E-state index in [9.17, 15) is 4.79 Å². The first-order valence-corrected chi connectivity index (χ1v) is 9.14. The highest BCUT2D eigenvalue weighted by Crippen LogP contribution is 2.32. The summed E-state index contributed by atoms with van der Waals surface area (Å²) in [7, 11) is 0. The quantitative estimate of drug-likeness (QED) is 0.643. The Morgan fingerprint density at radius 3 is 2.14 bits per heavy atom. The van der Waals surface area contributed by atoms with Crippen molar-refractivity contribution >= 4 is 49.1 Å². The van der Waals surface area contributed by atoms with Gasteiger partial charge in [-0.2, -0.15) is 0 Å². The van der Waals surface area contributed by atoms with Crippen LogP contribution in [0.15, 0.2) is 38.6 Å². The Balaban J connectivity index is 2.06. The minimum Gasteiger partial charge on any atom is -0.345 e. The monoisotopic (exact) mass is 429 g/mol. The van der Waals surface area contributed by atoms with Gasteiger partial charge in [0.05, 0.1) is 14.7 Å². The zero-order valence-electron chi connectivity index (χ0n) is 12.1. The van der Waals surface area contributed by atoms with Gasteiger partial charge in [0.25, 0.3) is 5.91 Å². The Hall–Kier alpha value is -0.650. The van der Waals surface area contributed by atoms with E-state index in [1.54, 1.807) is 0 Å². The minimum absolute atomic E-state index is 0.0154. The average molecular weight is 431 g/mol. The van der Waals surface area contributed by atoms with Gasteiger partial charge < -0.3 is 5.32 Å². The molecule has 0 fully saturated rings. The number of amides is 1. The first-order chi connectivity index (χ1) is 9.88. The van der Waals surface area contributed by atoms with E-state index in [0.717, 1.165) is 13.8 Å². The maximum atomic E-state index is 12.2. The number of thiophene rings is 1. The van der Waals surface area contributed by atoms with Crippen LogP contribution in [0.25, 0.3) is 0 Å².